The van der Waals surface area contributed by atoms with Gasteiger partial charge in [-0.25, -0.2) is 0 Å². The second-order valence-electron chi connectivity index (χ2n) is 6.13. The number of nitrogens with zero attached hydrogens (tertiary/aromatic N) is 1. The second kappa shape index (κ2) is 4.54. The number of rotatable bonds is 2. The first-order chi connectivity index (χ1) is 7.23. The number of allylic oxidation sites excluding steroid dienone is 2. The van der Waals surface area contributed by atoms with E-state index in [2.05, 4.69) is 25.8 Å². The van der Waals surface area contributed by atoms with E-state index < -0.39 is 6.10 Å². The Hall–Kier alpha value is -0.890. The summed E-state index contributed by atoms with van der Waals surface area (Å²) in [6.07, 6.45) is 8.11. The highest BCUT2D eigenvalue weighted by Crippen LogP contribution is 2.32. The summed E-state index contributed by atoms with van der Waals surface area (Å²) in [5.41, 5.74) is 0.878. The molecule has 16 heavy (non-hydrogen) atoms. The quantitative estimate of drug-likeness (QED) is 0.762. The van der Waals surface area contributed by atoms with Gasteiger partial charge in [-0.15, -0.1) is 0 Å². The van der Waals surface area contributed by atoms with Gasteiger partial charge in [-0.3, -0.25) is 4.99 Å². The zero-order valence-electron chi connectivity index (χ0n) is 11.0. The summed E-state index contributed by atoms with van der Waals surface area (Å²) in [4.78, 5) is 4.25. The molecule has 0 radical (unpaired) electrons. The van der Waals surface area contributed by atoms with Gasteiger partial charge in [0.1, 0.15) is 0 Å². The molecule has 0 aromatic heterocycles. The minimum Gasteiger partial charge on any atom is -0.392 e. The van der Waals surface area contributed by atoms with Gasteiger partial charge in [0.15, 0.2) is 0 Å². The van der Waals surface area contributed by atoms with E-state index in [4.69, 9.17) is 0 Å². The summed E-state index contributed by atoms with van der Waals surface area (Å²) < 4.78 is 0. The first kappa shape index (κ1) is 13.2. The summed E-state index contributed by atoms with van der Waals surface area (Å²) in [5.74, 6) is 0. The molecule has 0 saturated heterocycles. The smallest absolute Gasteiger partial charge is 0.0683 e. The standard InChI is InChI=1S/C14H23NO/c1-11-6-7-14(5,10-15-9-11)12(16)8-13(2,3)4/h6-7,9-10,12,16H,8H2,1-5H3. The zero-order chi connectivity index (χ0) is 12.4. The minimum atomic E-state index is -0.396. The Balaban J connectivity index is 2.83. The maximum atomic E-state index is 10.3. The van der Waals surface area contributed by atoms with Gasteiger partial charge in [-0.2, -0.15) is 0 Å². The third-order valence-electron chi connectivity index (χ3n) is 2.86. The Morgan fingerprint density at radius 3 is 2.62 bits per heavy atom. The molecule has 2 atom stereocenters. The normalized spacial score (nSPS) is 27.5. The summed E-state index contributed by atoms with van der Waals surface area (Å²) in [6, 6.07) is 0. The van der Waals surface area contributed by atoms with Crippen molar-refractivity contribution in [3.05, 3.63) is 23.9 Å². The molecule has 0 saturated carbocycles. The Morgan fingerprint density at radius 1 is 1.44 bits per heavy atom. The lowest BCUT2D eigenvalue weighted by atomic mass is 9.76. The van der Waals surface area contributed by atoms with Crippen LogP contribution in [0.5, 0.6) is 0 Å². The molecule has 0 fully saturated rings. The van der Waals surface area contributed by atoms with E-state index in [0.717, 1.165) is 12.0 Å². The van der Waals surface area contributed by atoms with Gasteiger partial charge in [-0.05, 0) is 31.3 Å². The monoisotopic (exact) mass is 221 g/mol. The fraction of sp³-hybridized carbons (Fsp3) is 0.643. The van der Waals surface area contributed by atoms with Gasteiger partial charge >= 0.3 is 0 Å². The van der Waals surface area contributed by atoms with E-state index in [9.17, 15) is 5.11 Å². The molecule has 0 amide bonds. The van der Waals surface area contributed by atoms with Crippen molar-refractivity contribution in [1.29, 1.82) is 0 Å². The maximum absolute atomic E-state index is 10.3. The van der Waals surface area contributed by atoms with Crippen LogP contribution < -0.4 is 0 Å². The van der Waals surface area contributed by atoms with Crippen LogP contribution >= 0.6 is 0 Å². The maximum Gasteiger partial charge on any atom is 0.0683 e. The van der Waals surface area contributed by atoms with Crippen LogP contribution in [0.1, 0.15) is 41.0 Å². The van der Waals surface area contributed by atoms with Gasteiger partial charge in [0.2, 0.25) is 0 Å². The van der Waals surface area contributed by atoms with Crippen molar-refractivity contribution in [2.24, 2.45) is 15.8 Å². The molecule has 0 aromatic rings. The summed E-state index contributed by atoms with van der Waals surface area (Å²) in [7, 11) is 0. The molecular formula is C14H23NO. The molecule has 0 aromatic carbocycles. The number of hydrogen-bond acceptors (Lipinski definition) is 2. The van der Waals surface area contributed by atoms with Crippen molar-refractivity contribution in [2.45, 2.75) is 47.1 Å². The number of aliphatic hydroxyl groups is 1. The van der Waals surface area contributed by atoms with E-state index in [1.807, 2.05) is 38.4 Å². The van der Waals surface area contributed by atoms with E-state index >= 15 is 0 Å². The lowest BCUT2D eigenvalue weighted by molar-refractivity contribution is 0.0692. The predicted molar refractivity (Wildman–Crippen MR) is 69.6 cm³/mol. The highest BCUT2D eigenvalue weighted by atomic mass is 16.3. The molecule has 1 aliphatic rings. The molecular weight excluding hydrogens is 198 g/mol. The SMILES string of the molecule is CC1=CN=CC(C)(C(O)CC(C)(C)C)C=C1. The molecule has 2 unspecified atom stereocenters. The number of aliphatic imine (C=N–C) groups is 1. The van der Waals surface area contributed by atoms with Crippen LogP contribution in [0.15, 0.2) is 28.9 Å². The molecule has 0 spiro atoms. The number of hydrogen-bond donors (Lipinski definition) is 1. The van der Waals surface area contributed by atoms with Crippen molar-refractivity contribution in [2.75, 3.05) is 0 Å². The van der Waals surface area contributed by atoms with Crippen LogP contribution in [-0.4, -0.2) is 17.4 Å². The fourth-order valence-corrected chi connectivity index (χ4v) is 1.71. The van der Waals surface area contributed by atoms with Crippen molar-refractivity contribution in [1.82, 2.24) is 0 Å². The minimum absolute atomic E-state index is 0.124. The summed E-state index contributed by atoms with van der Waals surface area (Å²) in [6.45, 7) is 10.5. The average molecular weight is 221 g/mol. The van der Waals surface area contributed by atoms with Crippen LogP contribution in [0, 0.1) is 10.8 Å². The predicted octanol–water partition coefficient (Wildman–Crippen LogP) is 3.33. The lowest BCUT2D eigenvalue weighted by Gasteiger charge is -2.32. The Morgan fingerprint density at radius 2 is 2.06 bits per heavy atom. The first-order valence-corrected chi connectivity index (χ1v) is 5.81. The van der Waals surface area contributed by atoms with Gasteiger partial charge in [0.05, 0.1) is 6.10 Å². The van der Waals surface area contributed by atoms with Gasteiger partial charge in [0.25, 0.3) is 0 Å². The summed E-state index contributed by atoms with van der Waals surface area (Å²) in [5, 5.41) is 10.3. The number of aliphatic hydroxyl groups excluding tert-OH is 1. The summed E-state index contributed by atoms with van der Waals surface area (Å²) >= 11 is 0. The molecule has 1 heterocycles. The molecule has 2 heteroatoms. The second-order valence-corrected chi connectivity index (χ2v) is 6.13. The third kappa shape index (κ3) is 3.60. The van der Waals surface area contributed by atoms with Crippen LogP contribution in [0.3, 0.4) is 0 Å². The Bertz CT molecular complexity index is 333. The molecule has 1 N–H and O–H groups in total. The van der Waals surface area contributed by atoms with Gasteiger partial charge in [-0.1, -0.05) is 32.9 Å². The van der Waals surface area contributed by atoms with Gasteiger partial charge in [0, 0.05) is 17.8 Å². The Labute approximate surface area is 98.8 Å². The third-order valence-corrected chi connectivity index (χ3v) is 2.86. The first-order valence-electron chi connectivity index (χ1n) is 5.81. The molecule has 90 valence electrons. The van der Waals surface area contributed by atoms with Crippen molar-refractivity contribution in [3.8, 4) is 0 Å². The van der Waals surface area contributed by atoms with Crippen LogP contribution in [0.4, 0.5) is 0 Å². The zero-order valence-corrected chi connectivity index (χ0v) is 11.0. The molecule has 0 aliphatic carbocycles. The topological polar surface area (TPSA) is 32.6 Å². The van der Waals surface area contributed by atoms with Crippen LogP contribution in [-0.2, 0) is 0 Å². The van der Waals surface area contributed by atoms with E-state index in [1.165, 1.54) is 0 Å². The molecule has 2 nitrogen and oxygen atoms in total. The van der Waals surface area contributed by atoms with E-state index in [0.29, 0.717) is 0 Å². The largest absolute Gasteiger partial charge is 0.392 e. The molecule has 1 aliphatic heterocycles. The van der Waals surface area contributed by atoms with E-state index in [-0.39, 0.29) is 10.8 Å². The van der Waals surface area contributed by atoms with E-state index in [1.54, 1.807) is 0 Å². The van der Waals surface area contributed by atoms with Crippen molar-refractivity contribution in [3.63, 3.8) is 0 Å². The fourth-order valence-electron chi connectivity index (χ4n) is 1.71. The van der Waals surface area contributed by atoms with Crippen molar-refractivity contribution < 1.29 is 5.11 Å². The van der Waals surface area contributed by atoms with Crippen molar-refractivity contribution >= 4 is 6.21 Å². The highest BCUT2D eigenvalue weighted by Gasteiger charge is 2.32. The van der Waals surface area contributed by atoms with Crippen LogP contribution in [0.2, 0.25) is 0 Å². The van der Waals surface area contributed by atoms with Crippen LogP contribution in [0.25, 0.3) is 0 Å². The lowest BCUT2D eigenvalue weighted by Crippen LogP contribution is -2.35. The highest BCUT2D eigenvalue weighted by molar-refractivity contribution is 5.71. The molecule has 0 bridgehead atoms. The van der Waals surface area contributed by atoms with Gasteiger partial charge < -0.3 is 5.11 Å². The molecule has 1 rings (SSSR count). The average Bonchev–Trinajstić information content (AvgIpc) is 2.27. The Kier molecular flexibility index (Phi) is 3.74.